The molecule has 0 unspecified atom stereocenters. The van der Waals surface area contributed by atoms with Crippen LogP contribution in [0.25, 0.3) is 5.57 Å². The molecule has 0 bridgehead atoms. The van der Waals surface area contributed by atoms with Gasteiger partial charge in [0, 0.05) is 0 Å². The minimum absolute atomic E-state index is 1.03. The molecule has 0 nitrogen and oxygen atoms in total. The first-order chi connectivity index (χ1) is 5.84. The summed E-state index contributed by atoms with van der Waals surface area (Å²) in [6.07, 6.45) is 1.03. The second-order valence-corrected chi connectivity index (χ2v) is 2.32. The molecule has 0 N–H and O–H groups in total. The zero-order valence-electron chi connectivity index (χ0n) is 8.30. The van der Waals surface area contributed by atoms with Crippen LogP contribution in [0.4, 0.5) is 0 Å². The third-order valence-corrected chi connectivity index (χ3v) is 1.61. The van der Waals surface area contributed by atoms with Gasteiger partial charge in [-0.05, 0) is 17.6 Å². The highest BCUT2D eigenvalue weighted by Gasteiger charge is 1.91. The fraction of sp³-hybridized carbons (Fsp3) is 0.333. The van der Waals surface area contributed by atoms with Crippen LogP contribution in [-0.2, 0) is 0 Å². The SMILES string of the molecule is C=C(CC)c1ccccc1.CC. The monoisotopic (exact) mass is 162 g/mol. The Kier molecular flexibility index (Phi) is 6.08. The van der Waals surface area contributed by atoms with Crippen LogP contribution in [-0.4, -0.2) is 0 Å². The Morgan fingerprint density at radius 2 is 1.67 bits per heavy atom. The molecule has 0 radical (unpaired) electrons. The van der Waals surface area contributed by atoms with Crippen LogP contribution in [0.1, 0.15) is 32.8 Å². The van der Waals surface area contributed by atoms with Gasteiger partial charge in [-0.25, -0.2) is 0 Å². The predicted molar refractivity (Wildman–Crippen MR) is 57.1 cm³/mol. The molecule has 0 saturated heterocycles. The Balaban J connectivity index is 0.000000561. The molecule has 0 aliphatic carbocycles. The smallest absolute Gasteiger partial charge is 0.0231 e. The Morgan fingerprint density at radius 1 is 1.17 bits per heavy atom. The molecule has 0 aromatic heterocycles. The molecule has 0 heterocycles. The summed E-state index contributed by atoms with van der Waals surface area (Å²) in [5, 5.41) is 0. The van der Waals surface area contributed by atoms with Crippen molar-refractivity contribution in [3.05, 3.63) is 42.5 Å². The molecule has 12 heavy (non-hydrogen) atoms. The molecule has 1 rings (SSSR count). The van der Waals surface area contributed by atoms with E-state index in [1.165, 1.54) is 11.1 Å². The second-order valence-electron chi connectivity index (χ2n) is 2.32. The third-order valence-electron chi connectivity index (χ3n) is 1.61. The van der Waals surface area contributed by atoms with Gasteiger partial charge < -0.3 is 0 Å². The van der Waals surface area contributed by atoms with E-state index in [1.807, 2.05) is 32.0 Å². The maximum atomic E-state index is 3.94. The molecule has 0 spiro atoms. The largest absolute Gasteiger partial charge is 0.0952 e. The van der Waals surface area contributed by atoms with Gasteiger partial charge in [0.25, 0.3) is 0 Å². The molecule has 0 fully saturated rings. The normalized spacial score (nSPS) is 8.25. The first-order valence-corrected chi connectivity index (χ1v) is 4.57. The van der Waals surface area contributed by atoms with Gasteiger partial charge in [-0.1, -0.05) is 57.7 Å². The van der Waals surface area contributed by atoms with E-state index in [1.54, 1.807) is 0 Å². The predicted octanol–water partition coefficient (Wildman–Crippen LogP) is 4.14. The molecule has 66 valence electrons. The molecule has 0 aliphatic rings. The van der Waals surface area contributed by atoms with Crippen molar-refractivity contribution in [3.8, 4) is 0 Å². The molecular formula is C12H18. The molecule has 0 amide bonds. The number of allylic oxidation sites excluding steroid dienone is 1. The lowest BCUT2D eigenvalue weighted by Gasteiger charge is -1.99. The fourth-order valence-corrected chi connectivity index (χ4v) is 0.878. The summed E-state index contributed by atoms with van der Waals surface area (Å²) in [6.45, 7) is 10.1. The van der Waals surface area contributed by atoms with Crippen LogP contribution < -0.4 is 0 Å². The number of hydrogen-bond donors (Lipinski definition) is 0. The average Bonchev–Trinajstić information content (AvgIpc) is 2.21. The van der Waals surface area contributed by atoms with Crippen LogP contribution in [0.5, 0.6) is 0 Å². The fourth-order valence-electron chi connectivity index (χ4n) is 0.878. The maximum absolute atomic E-state index is 3.94. The highest BCUT2D eigenvalue weighted by molar-refractivity contribution is 5.62. The molecular weight excluding hydrogens is 144 g/mol. The lowest BCUT2D eigenvalue weighted by atomic mass is 10.1. The van der Waals surface area contributed by atoms with Crippen LogP contribution in [0, 0.1) is 0 Å². The molecule has 1 aromatic rings. The second kappa shape index (κ2) is 6.66. The third kappa shape index (κ3) is 3.38. The van der Waals surface area contributed by atoms with E-state index in [-0.39, 0.29) is 0 Å². The molecule has 1 aromatic carbocycles. The van der Waals surface area contributed by atoms with Gasteiger partial charge in [-0.3, -0.25) is 0 Å². The average molecular weight is 162 g/mol. The van der Waals surface area contributed by atoms with Crippen LogP contribution >= 0.6 is 0 Å². The van der Waals surface area contributed by atoms with E-state index in [9.17, 15) is 0 Å². The summed E-state index contributed by atoms with van der Waals surface area (Å²) in [5.74, 6) is 0. The summed E-state index contributed by atoms with van der Waals surface area (Å²) < 4.78 is 0. The highest BCUT2D eigenvalue weighted by atomic mass is 14.0. The van der Waals surface area contributed by atoms with E-state index in [4.69, 9.17) is 0 Å². The van der Waals surface area contributed by atoms with Crippen LogP contribution in [0.15, 0.2) is 36.9 Å². The van der Waals surface area contributed by atoms with Crippen molar-refractivity contribution in [2.24, 2.45) is 0 Å². The van der Waals surface area contributed by atoms with Gasteiger partial charge in [0.1, 0.15) is 0 Å². The number of rotatable bonds is 2. The standard InChI is InChI=1S/C10H12.C2H6/c1-3-9(2)10-7-5-4-6-8-10;1-2/h4-8H,2-3H2,1H3;1-2H3. The minimum Gasteiger partial charge on any atom is -0.0952 e. The van der Waals surface area contributed by atoms with E-state index < -0.39 is 0 Å². The van der Waals surface area contributed by atoms with Gasteiger partial charge in [0.15, 0.2) is 0 Å². The highest BCUT2D eigenvalue weighted by Crippen LogP contribution is 2.13. The van der Waals surface area contributed by atoms with E-state index in [0.717, 1.165) is 6.42 Å². The zero-order chi connectivity index (χ0) is 9.40. The Bertz CT molecular complexity index is 209. The Hall–Kier alpha value is -1.04. The van der Waals surface area contributed by atoms with Crippen molar-refractivity contribution in [3.63, 3.8) is 0 Å². The van der Waals surface area contributed by atoms with E-state index >= 15 is 0 Å². The van der Waals surface area contributed by atoms with Crippen molar-refractivity contribution >= 4 is 5.57 Å². The lowest BCUT2D eigenvalue weighted by molar-refractivity contribution is 1.24. The first kappa shape index (κ1) is 11.0. The Labute approximate surface area is 75.9 Å². The van der Waals surface area contributed by atoms with Gasteiger partial charge in [-0.15, -0.1) is 0 Å². The summed E-state index contributed by atoms with van der Waals surface area (Å²) in [5.41, 5.74) is 2.46. The van der Waals surface area contributed by atoms with Crippen molar-refractivity contribution < 1.29 is 0 Å². The summed E-state index contributed by atoms with van der Waals surface area (Å²) in [7, 11) is 0. The van der Waals surface area contributed by atoms with Crippen molar-refractivity contribution in [2.75, 3.05) is 0 Å². The molecule has 0 saturated carbocycles. The van der Waals surface area contributed by atoms with Gasteiger partial charge in [0.2, 0.25) is 0 Å². The molecule has 0 atom stereocenters. The molecule has 0 aliphatic heterocycles. The van der Waals surface area contributed by atoms with Crippen molar-refractivity contribution in [1.29, 1.82) is 0 Å². The Morgan fingerprint density at radius 3 is 2.08 bits per heavy atom. The number of benzene rings is 1. The van der Waals surface area contributed by atoms with Crippen molar-refractivity contribution in [1.82, 2.24) is 0 Å². The van der Waals surface area contributed by atoms with Crippen LogP contribution in [0.2, 0.25) is 0 Å². The van der Waals surface area contributed by atoms with E-state index in [2.05, 4.69) is 25.6 Å². The topological polar surface area (TPSA) is 0 Å². The maximum Gasteiger partial charge on any atom is -0.0231 e. The van der Waals surface area contributed by atoms with Gasteiger partial charge >= 0.3 is 0 Å². The molecule has 0 heteroatoms. The summed E-state index contributed by atoms with van der Waals surface area (Å²) in [4.78, 5) is 0. The summed E-state index contributed by atoms with van der Waals surface area (Å²) in [6, 6.07) is 10.3. The quantitative estimate of drug-likeness (QED) is 0.613. The first-order valence-electron chi connectivity index (χ1n) is 4.57. The van der Waals surface area contributed by atoms with E-state index in [0.29, 0.717) is 0 Å². The van der Waals surface area contributed by atoms with Gasteiger partial charge in [0.05, 0.1) is 0 Å². The number of hydrogen-bond acceptors (Lipinski definition) is 0. The minimum atomic E-state index is 1.03. The summed E-state index contributed by atoms with van der Waals surface area (Å²) >= 11 is 0. The van der Waals surface area contributed by atoms with Crippen molar-refractivity contribution in [2.45, 2.75) is 27.2 Å². The van der Waals surface area contributed by atoms with Gasteiger partial charge in [-0.2, -0.15) is 0 Å². The van der Waals surface area contributed by atoms with Crippen LogP contribution in [0.3, 0.4) is 0 Å². The lowest BCUT2D eigenvalue weighted by Crippen LogP contribution is -1.77. The zero-order valence-corrected chi connectivity index (χ0v) is 8.30.